The van der Waals surface area contributed by atoms with Gasteiger partial charge in [0.15, 0.2) is 17.5 Å². The van der Waals surface area contributed by atoms with Crippen molar-refractivity contribution in [3.05, 3.63) is 176 Å². The van der Waals surface area contributed by atoms with Gasteiger partial charge in [0, 0.05) is 64.0 Å². The van der Waals surface area contributed by atoms with Crippen molar-refractivity contribution >= 4 is 22.1 Å². The van der Waals surface area contributed by atoms with Gasteiger partial charge in [-0.2, -0.15) is 0 Å². The molecule has 5 aromatic carbocycles. The Morgan fingerprint density at radius 3 is 1.24 bits per heavy atom. The molecule has 0 bridgehead atoms. The summed E-state index contributed by atoms with van der Waals surface area (Å²) in [7, 11) is 0. The topological polar surface area (TPSA) is 100 Å². The largest absolute Gasteiger partial charge is 0.292 e. The molecule has 0 spiro atoms. The summed E-state index contributed by atoms with van der Waals surface area (Å²) in [5, 5.41) is 0. The fourth-order valence-corrected chi connectivity index (χ4v) is 6.87. The second-order valence-electron chi connectivity index (χ2n) is 12.8. The Labute approximate surface area is 310 Å². The Morgan fingerprint density at radius 2 is 0.759 bits per heavy atom. The number of rotatable bonds is 7. The van der Waals surface area contributed by atoms with Crippen LogP contribution in [0.4, 0.5) is 0 Å². The monoisotopic (exact) mass is 695 g/mol. The van der Waals surface area contributed by atoms with Crippen molar-refractivity contribution in [2.24, 2.45) is 0 Å². The number of hydrogen-bond acceptors (Lipinski definition) is 7. The van der Waals surface area contributed by atoms with E-state index in [1.807, 2.05) is 128 Å². The Bertz CT molecular complexity index is 2760. The Balaban J connectivity index is 1.14. The van der Waals surface area contributed by atoms with Crippen LogP contribution >= 0.6 is 0 Å². The van der Waals surface area contributed by atoms with Gasteiger partial charge in [0.1, 0.15) is 11.6 Å². The zero-order valence-corrected chi connectivity index (χ0v) is 28.8. The van der Waals surface area contributed by atoms with Crippen molar-refractivity contribution < 1.29 is 0 Å². The fourth-order valence-electron chi connectivity index (χ4n) is 6.87. The highest BCUT2D eigenvalue weighted by Gasteiger charge is 2.19. The second-order valence-corrected chi connectivity index (χ2v) is 12.8. The molecule has 0 aliphatic rings. The van der Waals surface area contributed by atoms with E-state index in [1.165, 1.54) is 0 Å². The lowest BCUT2D eigenvalue weighted by atomic mass is 10.1. The van der Waals surface area contributed by atoms with Crippen molar-refractivity contribution in [3.8, 4) is 68.3 Å². The van der Waals surface area contributed by atoms with Crippen LogP contribution in [-0.4, -0.2) is 44.0 Å². The van der Waals surface area contributed by atoms with Gasteiger partial charge >= 0.3 is 0 Å². The Kier molecular flexibility index (Phi) is 7.58. The van der Waals surface area contributed by atoms with Crippen LogP contribution < -0.4 is 0 Å². The molecular formula is C45H29N9. The van der Waals surface area contributed by atoms with Gasteiger partial charge < -0.3 is 0 Å². The molecular weight excluding hydrogens is 667 g/mol. The zero-order valence-electron chi connectivity index (χ0n) is 28.8. The van der Waals surface area contributed by atoms with Crippen LogP contribution in [0.3, 0.4) is 0 Å². The summed E-state index contributed by atoms with van der Waals surface area (Å²) < 4.78 is 4.32. The van der Waals surface area contributed by atoms with Crippen molar-refractivity contribution in [3.63, 3.8) is 0 Å². The minimum atomic E-state index is 0.558. The molecule has 0 aliphatic carbocycles. The van der Waals surface area contributed by atoms with Crippen LogP contribution in [0.2, 0.25) is 0 Å². The molecule has 0 atom stereocenters. The van der Waals surface area contributed by atoms with Gasteiger partial charge in [0.25, 0.3) is 0 Å². The third-order valence-corrected chi connectivity index (χ3v) is 9.35. The first-order valence-electron chi connectivity index (χ1n) is 17.6. The standard InChI is InChI=1S/C45H29N9/c1-2-12-30(13-3-1)41-50-42(31-14-8-18-35(26-31)53-39-22-6-4-20-37(39)48-44(53)33-16-10-24-46-28-33)52-43(51-41)32-15-9-19-36(27-32)54-40-23-7-5-21-38(40)49-45(54)34-17-11-25-47-29-34/h1-29H. The molecule has 0 amide bonds. The lowest BCUT2D eigenvalue weighted by Crippen LogP contribution is -2.03. The van der Waals surface area contributed by atoms with Crippen LogP contribution in [0.25, 0.3) is 90.4 Å². The van der Waals surface area contributed by atoms with E-state index in [4.69, 9.17) is 24.9 Å². The fraction of sp³-hybridized carbons (Fsp3) is 0. The van der Waals surface area contributed by atoms with E-state index in [2.05, 4.69) is 55.5 Å². The van der Waals surface area contributed by atoms with Gasteiger partial charge in [-0.05, 0) is 72.8 Å². The van der Waals surface area contributed by atoms with Crippen LogP contribution in [-0.2, 0) is 0 Å². The summed E-state index contributed by atoms with van der Waals surface area (Å²) in [6.07, 6.45) is 7.22. The molecule has 0 saturated carbocycles. The lowest BCUT2D eigenvalue weighted by Gasteiger charge is -2.13. The van der Waals surface area contributed by atoms with E-state index >= 15 is 0 Å². The van der Waals surface area contributed by atoms with Gasteiger partial charge in [0.05, 0.1) is 22.1 Å². The van der Waals surface area contributed by atoms with Gasteiger partial charge in [-0.1, -0.05) is 78.9 Å². The van der Waals surface area contributed by atoms with Crippen molar-refractivity contribution in [1.29, 1.82) is 0 Å². The summed E-state index contributed by atoms with van der Waals surface area (Å²) in [6, 6.07) is 50.7. The average Bonchev–Trinajstić information content (AvgIpc) is 3.84. The van der Waals surface area contributed by atoms with Crippen LogP contribution in [0.15, 0.2) is 176 Å². The highest BCUT2D eigenvalue weighted by molar-refractivity contribution is 5.85. The number of benzene rings is 5. The smallest absolute Gasteiger partial charge is 0.164 e. The summed E-state index contributed by atoms with van der Waals surface area (Å²) in [4.78, 5) is 34.0. The van der Waals surface area contributed by atoms with E-state index < -0.39 is 0 Å². The molecule has 0 radical (unpaired) electrons. The molecule has 254 valence electrons. The molecule has 0 aliphatic heterocycles. The minimum Gasteiger partial charge on any atom is -0.292 e. The maximum atomic E-state index is 5.14. The maximum absolute atomic E-state index is 5.14. The summed E-state index contributed by atoms with van der Waals surface area (Å²) in [6.45, 7) is 0. The molecule has 10 aromatic rings. The molecule has 0 fully saturated rings. The summed E-state index contributed by atoms with van der Waals surface area (Å²) in [5.41, 5.74) is 10.1. The highest BCUT2D eigenvalue weighted by Crippen LogP contribution is 2.33. The third kappa shape index (κ3) is 5.57. The first-order chi connectivity index (χ1) is 26.8. The summed E-state index contributed by atoms with van der Waals surface area (Å²) in [5.74, 6) is 3.30. The molecule has 10 rings (SSSR count). The molecule has 5 heterocycles. The first kappa shape index (κ1) is 31.1. The number of pyridine rings is 2. The molecule has 0 N–H and O–H groups in total. The first-order valence-corrected chi connectivity index (χ1v) is 17.6. The van der Waals surface area contributed by atoms with E-state index in [0.29, 0.717) is 17.5 Å². The van der Waals surface area contributed by atoms with Crippen LogP contribution in [0.5, 0.6) is 0 Å². The predicted octanol–water partition coefficient (Wildman–Crippen LogP) is 9.67. The zero-order chi connectivity index (χ0) is 35.8. The van der Waals surface area contributed by atoms with Gasteiger partial charge in [-0.3, -0.25) is 19.1 Å². The second kappa shape index (κ2) is 13.2. The minimum absolute atomic E-state index is 0.558. The average molecular weight is 696 g/mol. The van der Waals surface area contributed by atoms with Crippen molar-refractivity contribution in [2.75, 3.05) is 0 Å². The number of imidazole rings is 2. The van der Waals surface area contributed by atoms with Gasteiger partial charge in [0.2, 0.25) is 0 Å². The molecule has 9 heteroatoms. The number of hydrogen-bond donors (Lipinski definition) is 0. The predicted molar refractivity (Wildman–Crippen MR) is 212 cm³/mol. The van der Waals surface area contributed by atoms with E-state index in [9.17, 15) is 0 Å². The number of para-hydroxylation sites is 4. The normalized spacial score (nSPS) is 11.3. The van der Waals surface area contributed by atoms with Crippen molar-refractivity contribution in [2.45, 2.75) is 0 Å². The maximum Gasteiger partial charge on any atom is 0.164 e. The Hall–Kier alpha value is -7.65. The number of fused-ring (bicyclic) bond motifs is 2. The number of nitrogens with zero attached hydrogens (tertiary/aromatic N) is 9. The van der Waals surface area contributed by atoms with Crippen LogP contribution in [0.1, 0.15) is 0 Å². The van der Waals surface area contributed by atoms with E-state index in [1.54, 1.807) is 12.4 Å². The molecule has 5 aromatic heterocycles. The highest BCUT2D eigenvalue weighted by atomic mass is 15.1. The molecule has 0 unspecified atom stereocenters. The van der Waals surface area contributed by atoms with E-state index in [-0.39, 0.29) is 0 Å². The molecule has 9 nitrogen and oxygen atoms in total. The van der Waals surface area contributed by atoms with Crippen molar-refractivity contribution in [1.82, 2.24) is 44.0 Å². The molecule has 0 saturated heterocycles. The van der Waals surface area contributed by atoms with E-state index in [0.717, 1.165) is 72.9 Å². The van der Waals surface area contributed by atoms with Gasteiger partial charge in [-0.25, -0.2) is 24.9 Å². The third-order valence-electron chi connectivity index (χ3n) is 9.35. The summed E-state index contributed by atoms with van der Waals surface area (Å²) >= 11 is 0. The quantitative estimate of drug-likeness (QED) is 0.164. The lowest BCUT2D eigenvalue weighted by molar-refractivity contribution is 1.06. The van der Waals surface area contributed by atoms with Gasteiger partial charge in [-0.15, -0.1) is 0 Å². The number of aromatic nitrogens is 9. The van der Waals surface area contributed by atoms with Crippen LogP contribution in [0, 0.1) is 0 Å². The SMILES string of the molecule is c1ccc(-c2nc(-c3cccc(-n4c(-c5cccnc5)nc5ccccc54)c3)nc(-c3cccc(-n4c(-c5cccnc5)nc5ccccc54)c3)n2)cc1. The Morgan fingerprint density at radius 1 is 0.333 bits per heavy atom. The molecule has 54 heavy (non-hydrogen) atoms.